The first-order valence-electron chi connectivity index (χ1n) is 7.39. The molecular weight excluding hydrogens is 326 g/mol. The average molecular weight is 347 g/mol. The molecule has 0 unspecified atom stereocenters. The summed E-state index contributed by atoms with van der Waals surface area (Å²) in [6.45, 7) is -0.257. The number of carbonyl (C=O) groups is 1. The molecular formula is C17H21N3O3S. The predicted octanol–water partition coefficient (Wildman–Crippen LogP) is 2.01. The number of nitrogens with one attached hydrogen (secondary N) is 1. The van der Waals surface area contributed by atoms with Gasteiger partial charge in [-0.15, -0.1) is 0 Å². The lowest BCUT2D eigenvalue weighted by Gasteiger charge is -2.17. The molecule has 6 nitrogen and oxygen atoms in total. The van der Waals surface area contributed by atoms with Crippen LogP contribution < -0.4 is 10.2 Å². The number of hydrogen-bond donors (Lipinski definition) is 1. The van der Waals surface area contributed by atoms with Crippen LogP contribution in [0.25, 0.3) is 0 Å². The Balaban J connectivity index is 2.01. The first-order chi connectivity index (χ1) is 11.3. The highest BCUT2D eigenvalue weighted by atomic mass is 32.2. The van der Waals surface area contributed by atoms with Gasteiger partial charge < -0.3 is 10.2 Å². The molecule has 0 bridgehead atoms. The molecule has 0 saturated heterocycles. The second kappa shape index (κ2) is 7.46. The highest BCUT2D eigenvalue weighted by Crippen LogP contribution is 2.16. The highest BCUT2D eigenvalue weighted by molar-refractivity contribution is 7.89. The lowest BCUT2D eigenvalue weighted by atomic mass is 10.2. The smallest absolute Gasteiger partial charge is 0.243 e. The summed E-state index contributed by atoms with van der Waals surface area (Å²) < 4.78 is 25.8. The molecule has 0 atom stereocenters. The minimum absolute atomic E-state index is 0.163. The van der Waals surface area contributed by atoms with Crippen LogP contribution in [0.4, 0.5) is 11.4 Å². The third-order valence-corrected chi connectivity index (χ3v) is 5.30. The van der Waals surface area contributed by atoms with Gasteiger partial charge in [-0.2, -0.15) is 4.31 Å². The van der Waals surface area contributed by atoms with Crippen molar-refractivity contribution in [1.82, 2.24) is 4.31 Å². The quantitative estimate of drug-likeness (QED) is 0.868. The number of amides is 1. The summed E-state index contributed by atoms with van der Waals surface area (Å²) in [6.07, 6.45) is 0. The summed E-state index contributed by atoms with van der Waals surface area (Å²) in [7, 11) is 1.56. The Morgan fingerprint density at radius 3 is 2.08 bits per heavy atom. The van der Waals surface area contributed by atoms with Crippen LogP contribution in [0, 0.1) is 0 Å². The third-order valence-electron chi connectivity index (χ3n) is 3.49. The van der Waals surface area contributed by atoms with E-state index in [0.717, 1.165) is 9.99 Å². The van der Waals surface area contributed by atoms with E-state index in [0.29, 0.717) is 5.69 Å². The fourth-order valence-electron chi connectivity index (χ4n) is 2.10. The summed E-state index contributed by atoms with van der Waals surface area (Å²) in [5, 5.41) is 2.70. The van der Waals surface area contributed by atoms with Crippen LogP contribution >= 0.6 is 0 Å². The van der Waals surface area contributed by atoms with Crippen molar-refractivity contribution in [2.24, 2.45) is 0 Å². The van der Waals surface area contributed by atoms with Gasteiger partial charge in [0.15, 0.2) is 0 Å². The van der Waals surface area contributed by atoms with E-state index < -0.39 is 15.9 Å². The molecule has 2 aromatic carbocycles. The number of sulfonamides is 1. The van der Waals surface area contributed by atoms with Crippen LogP contribution in [0.3, 0.4) is 0 Å². The Bertz CT molecular complexity index is 788. The monoisotopic (exact) mass is 347 g/mol. The van der Waals surface area contributed by atoms with Crippen molar-refractivity contribution < 1.29 is 13.2 Å². The number of anilines is 2. The first kappa shape index (κ1) is 18.0. The second-order valence-corrected chi connectivity index (χ2v) is 7.61. The average Bonchev–Trinajstić information content (AvgIpc) is 2.56. The molecule has 2 aromatic rings. The molecule has 0 aromatic heterocycles. The number of hydrogen-bond acceptors (Lipinski definition) is 4. The zero-order chi connectivity index (χ0) is 17.7. The molecule has 1 N–H and O–H groups in total. The molecule has 24 heavy (non-hydrogen) atoms. The van der Waals surface area contributed by atoms with Crippen molar-refractivity contribution in [2.45, 2.75) is 4.90 Å². The van der Waals surface area contributed by atoms with Gasteiger partial charge in [0.2, 0.25) is 15.9 Å². The Morgan fingerprint density at radius 1 is 0.958 bits per heavy atom. The number of benzene rings is 2. The molecule has 0 aliphatic heterocycles. The Kier molecular flexibility index (Phi) is 5.58. The molecule has 0 saturated carbocycles. The van der Waals surface area contributed by atoms with Crippen molar-refractivity contribution in [3.05, 3.63) is 54.6 Å². The van der Waals surface area contributed by atoms with E-state index in [4.69, 9.17) is 0 Å². The Hall–Kier alpha value is -2.38. The third kappa shape index (κ3) is 4.33. The van der Waals surface area contributed by atoms with Crippen LogP contribution in [0.1, 0.15) is 0 Å². The molecule has 128 valence electrons. The van der Waals surface area contributed by atoms with Crippen LogP contribution in [0.15, 0.2) is 59.5 Å². The SMILES string of the molecule is CN(C)c1ccc(NC(=O)CN(C)S(=O)(=O)c2ccccc2)cc1. The zero-order valence-corrected chi connectivity index (χ0v) is 14.7. The lowest BCUT2D eigenvalue weighted by Crippen LogP contribution is -2.34. The fraction of sp³-hybridized carbons (Fsp3) is 0.235. The highest BCUT2D eigenvalue weighted by Gasteiger charge is 2.22. The van der Waals surface area contributed by atoms with Gasteiger partial charge in [0.05, 0.1) is 11.4 Å². The summed E-state index contributed by atoms with van der Waals surface area (Å²) in [4.78, 5) is 14.2. The molecule has 0 heterocycles. The van der Waals surface area contributed by atoms with E-state index in [-0.39, 0.29) is 11.4 Å². The number of likely N-dealkylation sites (N-methyl/N-ethyl adjacent to an activating group) is 1. The van der Waals surface area contributed by atoms with Crippen LogP contribution in [-0.4, -0.2) is 46.3 Å². The maximum Gasteiger partial charge on any atom is 0.243 e. The van der Waals surface area contributed by atoms with Gasteiger partial charge in [-0.05, 0) is 36.4 Å². The van der Waals surface area contributed by atoms with E-state index in [1.54, 1.807) is 30.3 Å². The van der Waals surface area contributed by atoms with E-state index in [2.05, 4.69) is 5.32 Å². The molecule has 1 amide bonds. The summed E-state index contributed by atoms with van der Waals surface area (Å²) in [6, 6.07) is 15.3. The molecule has 0 aliphatic rings. The molecule has 7 heteroatoms. The Morgan fingerprint density at radius 2 is 1.54 bits per heavy atom. The normalized spacial score (nSPS) is 11.3. The van der Waals surface area contributed by atoms with Gasteiger partial charge in [0, 0.05) is 32.5 Å². The van der Waals surface area contributed by atoms with Crippen molar-refractivity contribution in [3.8, 4) is 0 Å². The molecule has 0 radical (unpaired) electrons. The molecule has 0 aliphatic carbocycles. The van der Waals surface area contributed by atoms with Crippen molar-refractivity contribution in [3.63, 3.8) is 0 Å². The number of rotatable bonds is 6. The van der Waals surface area contributed by atoms with Crippen LogP contribution in [-0.2, 0) is 14.8 Å². The van der Waals surface area contributed by atoms with E-state index in [9.17, 15) is 13.2 Å². The molecule has 0 fully saturated rings. The summed E-state index contributed by atoms with van der Waals surface area (Å²) in [5.74, 6) is -0.394. The maximum absolute atomic E-state index is 12.4. The molecule has 0 spiro atoms. The predicted molar refractivity (Wildman–Crippen MR) is 95.7 cm³/mol. The van der Waals surface area contributed by atoms with E-state index in [1.807, 2.05) is 31.1 Å². The molecule has 2 rings (SSSR count). The van der Waals surface area contributed by atoms with E-state index in [1.165, 1.54) is 19.2 Å². The van der Waals surface area contributed by atoms with Gasteiger partial charge in [0.25, 0.3) is 0 Å². The van der Waals surface area contributed by atoms with Gasteiger partial charge in [-0.3, -0.25) is 4.79 Å². The second-order valence-electron chi connectivity index (χ2n) is 5.56. The van der Waals surface area contributed by atoms with Gasteiger partial charge in [-0.1, -0.05) is 18.2 Å². The minimum Gasteiger partial charge on any atom is -0.378 e. The number of carbonyl (C=O) groups excluding carboxylic acids is 1. The van der Waals surface area contributed by atoms with Crippen LogP contribution in [0.5, 0.6) is 0 Å². The first-order valence-corrected chi connectivity index (χ1v) is 8.83. The fourth-order valence-corrected chi connectivity index (χ4v) is 3.25. The topological polar surface area (TPSA) is 69.7 Å². The Labute approximate surface area is 142 Å². The van der Waals surface area contributed by atoms with Crippen molar-refractivity contribution in [1.29, 1.82) is 0 Å². The van der Waals surface area contributed by atoms with Gasteiger partial charge in [-0.25, -0.2) is 8.42 Å². The van der Waals surface area contributed by atoms with E-state index >= 15 is 0 Å². The van der Waals surface area contributed by atoms with Gasteiger partial charge in [0.1, 0.15) is 0 Å². The standard InChI is InChI=1S/C17H21N3O3S/c1-19(2)15-11-9-14(10-12-15)18-17(21)13-20(3)24(22,23)16-7-5-4-6-8-16/h4-12H,13H2,1-3H3,(H,18,21). The summed E-state index contributed by atoms with van der Waals surface area (Å²) in [5.41, 5.74) is 1.63. The maximum atomic E-state index is 12.4. The zero-order valence-electron chi connectivity index (χ0n) is 13.9. The lowest BCUT2D eigenvalue weighted by molar-refractivity contribution is -0.116. The van der Waals surface area contributed by atoms with Crippen molar-refractivity contribution >= 4 is 27.3 Å². The minimum atomic E-state index is -3.68. The largest absolute Gasteiger partial charge is 0.378 e. The van der Waals surface area contributed by atoms with Crippen LogP contribution in [0.2, 0.25) is 0 Å². The summed E-state index contributed by atoms with van der Waals surface area (Å²) >= 11 is 0. The van der Waals surface area contributed by atoms with Crippen molar-refractivity contribution in [2.75, 3.05) is 37.9 Å². The number of nitrogens with zero attached hydrogens (tertiary/aromatic N) is 2. The van der Waals surface area contributed by atoms with Gasteiger partial charge >= 0.3 is 0 Å².